The fraction of sp³-hybridized carbons (Fsp3) is 0.182. The molecule has 0 aliphatic rings. The van der Waals surface area contributed by atoms with E-state index in [4.69, 9.17) is 11.6 Å². The molecular weight excluding hydrogens is 358 g/mol. The van der Waals surface area contributed by atoms with E-state index in [1.54, 1.807) is 36.7 Å². The van der Waals surface area contributed by atoms with E-state index in [1.165, 1.54) is 5.56 Å². The molecule has 0 aliphatic carbocycles. The van der Waals surface area contributed by atoms with Crippen LogP contribution in [0, 0.1) is 0 Å². The molecule has 1 aromatic heterocycles. The Kier molecular flexibility index (Phi) is 6.09. The molecule has 5 heteroatoms. The highest BCUT2D eigenvalue weighted by atomic mass is 35.5. The lowest BCUT2D eigenvalue weighted by Crippen LogP contribution is -2.30. The quantitative estimate of drug-likeness (QED) is 0.623. The molecule has 0 fully saturated rings. The lowest BCUT2D eigenvalue weighted by Gasteiger charge is -2.29. The first-order chi connectivity index (χ1) is 13.0. The van der Waals surface area contributed by atoms with Crippen LogP contribution in [-0.4, -0.2) is 16.9 Å². The van der Waals surface area contributed by atoms with Crippen molar-refractivity contribution in [1.29, 1.82) is 0 Å². The van der Waals surface area contributed by atoms with Gasteiger partial charge >= 0.3 is 0 Å². The van der Waals surface area contributed by atoms with E-state index in [1.807, 2.05) is 24.3 Å². The van der Waals surface area contributed by atoms with Crippen LogP contribution >= 0.6 is 11.6 Å². The lowest BCUT2D eigenvalue weighted by atomic mass is 10.1. The van der Waals surface area contributed by atoms with Crippen LogP contribution in [0.1, 0.15) is 29.8 Å². The maximum Gasteiger partial charge on any atom is 0.257 e. The minimum atomic E-state index is -0.199. The summed E-state index contributed by atoms with van der Waals surface area (Å²) in [5.41, 5.74) is 3.33. The van der Waals surface area contributed by atoms with Crippen LogP contribution in [0.15, 0.2) is 73.1 Å². The zero-order valence-corrected chi connectivity index (χ0v) is 16.1. The largest absolute Gasteiger partial charge is 0.364 e. The molecule has 0 radical (unpaired) electrons. The Labute approximate surface area is 164 Å². The van der Waals surface area contributed by atoms with Gasteiger partial charge in [0.15, 0.2) is 0 Å². The zero-order valence-electron chi connectivity index (χ0n) is 15.4. The fourth-order valence-electron chi connectivity index (χ4n) is 2.80. The molecule has 3 aromatic rings. The van der Waals surface area contributed by atoms with Crippen molar-refractivity contribution in [3.8, 4) is 0 Å². The molecule has 0 aliphatic heterocycles. The van der Waals surface area contributed by atoms with E-state index in [0.29, 0.717) is 16.3 Å². The van der Waals surface area contributed by atoms with Gasteiger partial charge in [-0.25, -0.2) is 0 Å². The molecule has 0 atom stereocenters. The number of aromatic nitrogens is 1. The maximum absolute atomic E-state index is 12.6. The second-order valence-corrected chi connectivity index (χ2v) is 7.04. The van der Waals surface area contributed by atoms with Gasteiger partial charge < -0.3 is 10.2 Å². The van der Waals surface area contributed by atoms with E-state index in [-0.39, 0.29) is 11.9 Å². The molecule has 0 unspecified atom stereocenters. The number of hydrogen-bond acceptors (Lipinski definition) is 3. The summed E-state index contributed by atoms with van der Waals surface area (Å²) >= 11 is 5.89. The van der Waals surface area contributed by atoms with Crippen molar-refractivity contribution in [3.05, 3.63) is 89.2 Å². The Hall–Kier alpha value is -2.85. The first-order valence-corrected chi connectivity index (χ1v) is 9.23. The van der Waals surface area contributed by atoms with E-state index >= 15 is 0 Å². The van der Waals surface area contributed by atoms with E-state index in [9.17, 15) is 4.79 Å². The molecule has 4 nitrogen and oxygen atoms in total. The van der Waals surface area contributed by atoms with Gasteiger partial charge in [-0.15, -0.1) is 0 Å². The SMILES string of the molecule is CC(C)N(Cc1ccccc1)c1cncc(C(=O)Nc2ccc(Cl)cc2)c1. The van der Waals surface area contributed by atoms with Crippen molar-refractivity contribution in [2.24, 2.45) is 0 Å². The molecule has 0 bridgehead atoms. The molecule has 2 aromatic carbocycles. The first kappa shape index (κ1) is 18.9. The number of halogens is 1. The van der Waals surface area contributed by atoms with Crippen LogP contribution in [0.4, 0.5) is 11.4 Å². The number of carbonyl (C=O) groups excluding carboxylic acids is 1. The number of amides is 1. The third kappa shape index (κ3) is 5.08. The topological polar surface area (TPSA) is 45.2 Å². The molecule has 0 saturated carbocycles. The highest BCUT2D eigenvalue weighted by Gasteiger charge is 2.14. The summed E-state index contributed by atoms with van der Waals surface area (Å²) in [6.45, 7) is 5.01. The summed E-state index contributed by atoms with van der Waals surface area (Å²) in [5, 5.41) is 3.50. The van der Waals surface area contributed by atoms with Crippen LogP contribution in [0.25, 0.3) is 0 Å². The Balaban J connectivity index is 1.80. The Morgan fingerprint density at radius 1 is 1.07 bits per heavy atom. The highest BCUT2D eigenvalue weighted by Crippen LogP contribution is 2.21. The number of anilines is 2. The second-order valence-electron chi connectivity index (χ2n) is 6.60. The Morgan fingerprint density at radius 2 is 1.78 bits per heavy atom. The van der Waals surface area contributed by atoms with Gasteiger partial charge in [0.1, 0.15) is 0 Å². The standard InChI is InChI=1S/C22H22ClN3O/c1-16(2)26(15-17-6-4-3-5-7-17)21-12-18(13-24-14-21)22(27)25-20-10-8-19(23)9-11-20/h3-14,16H,15H2,1-2H3,(H,25,27). The second kappa shape index (κ2) is 8.69. The smallest absolute Gasteiger partial charge is 0.257 e. The van der Waals surface area contributed by atoms with Crippen molar-refractivity contribution in [3.63, 3.8) is 0 Å². The molecule has 3 rings (SSSR count). The number of nitrogens with one attached hydrogen (secondary N) is 1. The average molecular weight is 380 g/mol. The van der Waals surface area contributed by atoms with Crippen LogP contribution < -0.4 is 10.2 Å². The Morgan fingerprint density at radius 3 is 2.44 bits per heavy atom. The van der Waals surface area contributed by atoms with E-state index in [0.717, 1.165) is 12.2 Å². The van der Waals surface area contributed by atoms with Crippen LogP contribution in [0.5, 0.6) is 0 Å². The van der Waals surface area contributed by atoms with Crippen LogP contribution in [0.2, 0.25) is 5.02 Å². The van der Waals surface area contributed by atoms with Gasteiger partial charge in [0.25, 0.3) is 5.91 Å². The number of pyridine rings is 1. The molecule has 27 heavy (non-hydrogen) atoms. The van der Waals surface area contributed by atoms with Gasteiger partial charge in [-0.3, -0.25) is 9.78 Å². The summed E-state index contributed by atoms with van der Waals surface area (Å²) in [6.07, 6.45) is 3.37. The van der Waals surface area contributed by atoms with Gasteiger partial charge in [-0.2, -0.15) is 0 Å². The third-order valence-electron chi connectivity index (χ3n) is 4.24. The van der Waals surface area contributed by atoms with E-state index in [2.05, 4.69) is 41.2 Å². The summed E-state index contributed by atoms with van der Waals surface area (Å²) in [4.78, 5) is 19.1. The van der Waals surface area contributed by atoms with Gasteiger partial charge in [0.05, 0.1) is 17.4 Å². The molecule has 0 spiro atoms. The Bertz CT molecular complexity index is 895. The average Bonchev–Trinajstić information content (AvgIpc) is 2.68. The molecule has 1 amide bonds. The molecule has 1 heterocycles. The molecular formula is C22H22ClN3O. The number of hydrogen-bond donors (Lipinski definition) is 1. The number of benzene rings is 2. The van der Waals surface area contributed by atoms with Gasteiger partial charge in [-0.1, -0.05) is 41.9 Å². The number of nitrogens with zero attached hydrogens (tertiary/aromatic N) is 2. The molecule has 1 N–H and O–H groups in total. The molecule has 138 valence electrons. The summed E-state index contributed by atoms with van der Waals surface area (Å²) in [7, 11) is 0. The van der Waals surface area contributed by atoms with Crippen molar-refractivity contribution < 1.29 is 4.79 Å². The first-order valence-electron chi connectivity index (χ1n) is 8.85. The van der Waals surface area contributed by atoms with Crippen LogP contribution in [0.3, 0.4) is 0 Å². The number of carbonyl (C=O) groups is 1. The summed E-state index contributed by atoms with van der Waals surface area (Å²) in [5.74, 6) is -0.199. The minimum Gasteiger partial charge on any atom is -0.364 e. The van der Waals surface area contributed by atoms with Gasteiger partial charge in [0.2, 0.25) is 0 Å². The van der Waals surface area contributed by atoms with Crippen LogP contribution in [-0.2, 0) is 6.54 Å². The van der Waals surface area contributed by atoms with Crippen molar-refractivity contribution in [1.82, 2.24) is 4.98 Å². The molecule has 0 saturated heterocycles. The van der Waals surface area contributed by atoms with Crippen molar-refractivity contribution >= 4 is 28.9 Å². The minimum absolute atomic E-state index is 0.199. The van der Waals surface area contributed by atoms with Gasteiger partial charge in [0, 0.05) is 29.5 Å². The normalized spacial score (nSPS) is 10.7. The summed E-state index contributed by atoms with van der Waals surface area (Å²) < 4.78 is 0. The highest BCUT2D eigenvalue weighted by molar-refractivity contribution is 6.30. The van der Waals surface area contributed by atoms with Gasteiger partial charge in [-0.05, 0) is 49.7 Å². The van der Waals surface area contributed by atoms with Crippen molar-refractivity contribution in [2.45, 2.75) is 26.4 Å². The lowest BCUT2D eigenvalue weighted by molar-refractivity contribution is 0.102. The predicted molar refractivity (Wildman–Crippen MR) is 111 cm³/mol. The van der Waals surface area contributed by atoms with E-state index < -0.39 is 0 Å². The fourth-order valence-corrected chi connectivity index (χ4v) is 2.92. The zero-order chi connectivity index (χ0) is 19.2. The number of rotatable bonds is 6. The predicted octanol–water partition coefficient (Wildman–Crippen LogP) is 5.40. The monoisotopic (exact) mass is 379 g/mol. The van der Waals surface area contributed by atoms with Crippen molar-refractivity contribution in [2.75, 3.05) is 10.2 Å². The third-order valence-corrected chi connectivity index (χ3v) is 4.49. The maximum atomic E-state index is 12.6. The summed E-state index contributed by atoms with van der Waals surface area (Å²) in [6, 6.07) is 19.4.